The van der Waals surface area contributed by atoms with Crippen LogP contribution in [0.15, 0.2) is 52.3 Å². The molecule has 172 valence electrons. The van der Waals surface area contributed by atoms with E-state index < -0.39 is 12.1 Å². The van der Waals surface area contributed by atoms with E-state index in [9.17, 15) is 9.70 Å². The van der Waals surface area contributed by atoms with Gasteiger partial charge in [0.1, 0.15) is 12.1 Å². The van der Waals surface area contributed by atoms with Crippen LogP contribution in [-0.4, -0.2) is 18.1 Å². The molecule has 0 aromatic carbocycles. The summed E-state index contributed by atoms with van der Waals surface area (Å²) in [5.74, 6) is 1.74. The smallest absolute Gasteiger partial charge is 0.334 e. The first-order valence-corrected chi connectivity index (χ1v) is 12.5. The fourth-order valence-corrected chi connectivity index (χ4v) is 8.39. The Kier molecular flexibility index (Phi) is 5.14. The van der Waals surface area contributed by atoms with Crippen LogP contribution in [0.5, 0.6) is 0 Å². The number of nitroso groups, excluding NO2 is 1. The highest BCUT2D eigenvalue weighted by Crippen LogP contribution is 2.67. The second kappa shape index (κ2) is 7.53. The lowest BCUT2D eigenvalue weighted by Gasteiger charge is -2.57. The van der Waals surface area contributed by atoms with E-state index in [1.807, 2.05) is 13.8 Å². The van der Waals surface area contributed by atoms with Crippen molar-refractivity contribution >= 4 is 5.97 Å². The van der Waals surface area contributed by atoms with Crippen molar-refractivity contribution in [2.45, 2.75) is 84.8 Å². The molecule has 0 amide bonds. The van der Waals surface area contributed by atoms with E-state index >= 15 is 0 Å². The molecule has 1 aliphatic heterocycles. The highest BCUT2D eigenvalue weighted by Gasteiger charge is 2.61. The molecular formula is C28H37NO3. The highest BCUT2D eigenvalue weighted by molar-refractivity contribution is 5.89. The third-order valence-corrected chi connectivity index (χ3v) is 10.5. The summed E-state index contributed by atoms with van der Waals surface area (Å²) >= 11 is 0. The Balaban J connectivity index is 1.43. The molecule has 0 spiro atoms. The minimum atomic E-state index is -0.452. The molecule has 2 saturated carbocycles. The number of ether oxygens (including phenoxy) is 1. The molecule has 0 N–H and O–H groups in total. The molecule has 5 rings (SSSR count). The summed E-state index contributed by atoms with van der Waals surface area (Å²) in [4.78, 5) is 24.5. The number of rotatable bonds is 3. The van der Waals surface area contributed by atoms with E-state index in [0.717, 1.165) is 37.7 Å². The molecule has 4 heteroatoms. The molecule has 0 radical (unpaired) electrons. The van der Waals surface area contributed by atoms with Crippen LogP contribution in [0.2, 0.25) is 0 Å². The number of allylic oxidation sites excluding steroid dienone is 5. The number of esters is 1. The largest absolute Gasteiger partial charge is 0.456 e. The van der Waals surface area contributed by atoms with Crippen LogP contribution in [0.4, 0.5) is 0 Å². The van der Waals surface area contributed by atoms with Crippen molar-refractivity contribution < 1.29 is 9.53 Å². The van der Waals surface area contributed by atoms with E-state index in [0.29, 0.717) is 29.7 Å². The normalized spacial score (nSPS) is 44.2. The Labute approximate surface area is 192 Å². The van der Waals surface area contributed by atoms with Crippen LogP contribution < -0.4 is 0 Å². The van der Waals surface area contributed by atoms with Crippen molar-refractivity contribution in [3.8, 4) is 0 Å². The van der Waals surface area contributed by atoms with Crippen LogP contribution in [-0.2, 0) is 9.53 Å². The van der Waals surface area contributed by atoms with Gasteiger partial charge in [-0.05, 0) is 87.0 Å². The summed E-state index contributed by atoms with van der Waals surface area (Å²) in [6.07, 6.45) is 13.9. The van der Waals surface area contributed by atoms with E-state index in [2.05, 4.69) is 43.8 Å². The van der Waals surface area contributed by atoms with Gasteiger partial charge in [0.2, 0.25) is 0 Å². The first kappa shape index (κ1) is 21.9. The highest BCUT2D eigenvalue weighted by atomic mass is 16.5. The van der Waals surface area contributed by atoms with Gasteiger partial charge in [0.25, 0.3) is 0 Å². The quantitative estimate of drug-likeness (QED) is 0.282. The molecule has 8 unspecified atom stereocenters. The molecule has 5 aliphatic rings. The predicted octanol–water partition coefficient (Wildman–Crippen LogP) is 6.68. The lowest BCUT2D eigenvalue weighted by atomic mass is 9.47. The monoisotopic (exact) mass is 435 g/mol. The molecular weight excluding hydrogens is 398 g/mol. The van der Waals surface area contributed by atoms with Crippen LogP contribution >= 0.6 is 0 Å². The average molecular weight is 436 g/mol. The van der Waals surface area contributed by atoms with Gasteiger partial charge in [-0.3, -0.25) is 0 Å². The summed E-state index contributed by atoms with van der Waals surface area (Å²) in [7, 11) is 0. The Morgan fingerprint density at radius 3 is 2.69 bits per heavy atom. The number of cyclic esters (lactones) is 1. The van der Waals surface area contributed by atoms with Crippen molar-refractivity contribution in [3.63, 3.8) is 0 Å². The van der Waals surface area contributed by atoms with Gasteiger partial charge in [-0.25, -0.2) is 4.79 Å². The Morgan fingerprint density at radius 2 is 1.97 bits per heavy atom. The SMILES string of the molecule is C=C1C=CCC2=CCC3C(CCC4(C)C3CCC4C(N=O)C3CC(C)=C(C)C(=O)O3)C12C. The standard InChI is InChI=1S/C28H37NO3/c1-16-15-24(32-26(30)18(16)3)25(29-31)23-12-11-21-20-10-9-19-8-6-7-17(2)28(19,5)22(20)13-14-27(21,23)4/h6-7,9,20-25H,2,8,10-15H2,1,3-5H3. The predicted molar refractivity (Wildman–Crippen MR) is 127 cm³/mol. The van der Waals surface area contributed by atoms with Gasteiger partial charge in [0.05, 0.1) is 0 Å². The second-order valence-electron chi connectivity index (χ2n) is 11.6. The molecule has 8 atom stereocenters. The zero-order valence-corrected chi connectivity index (χ0v) is 20.0. The van der Waals surface area contributed by atoms with Crippen molar-refractivity contribution in [1.82, 2.24) is 0 Å². The van der Waals surface area contributed by atoms with Gasteiger partial charge in [-0.1, -0.05) is 55.0 Å². The fraction of sp³-hybridized carbons (Fsp3) is 0.679. The van der Waals surface area contributed by atoms with E-state index in [1.165, 1.54) is 12.0 Å². The summed E-state index contributed by atoms with van der Waals surface area (Å²) in [5, 5.41) is 3.63. The van der Waals surface area contributed by atoms with Crippen molar-refractivity contribution in [2.75, 3.05) is 0 Å². The Hall–Kier alpha value is -1.97. The van der Waals surface area contributed by atoms with Gasteiger partial charge in [0, 0.05) is 17.4 Å². The topological polar surface area (TPSA) is 55.7 Å². The zero-order valence-electron chi connectivity index (χ0n) is 20.0. The molecule has 32 heavy (non-hydrogen) atoms. The maximum atomic E-state index is 12.4. The van der Waals surface area contributed by atoms with Crippen LogP contribution in [0.25, 0.3) is 0 Å². The average Bonchev–Trinajstić information content (AvgIpc) is 3.11. The molecule has 4 aliphatic carbocycles. The third kappa shape index (κ3) is 2.90. The fourth-order valence-electron chi connectivity index (χ4n) is 8.39. The minimum Gasteiger partial charge on any atom is -0.456 e. The first-order chi connectivity index (χ1) is 15.2. The summed E-state index contributed by atoms with van der Waals surface area (Å²) in [6, 6.07) is -0.452. The number of nitrogens with zero attached hydrogens (tertiary/aromatic N) is 1. The van der Waals surface area contributed by atoms with Crippen molar-refractivity contribution in [2.24, 2.45) is 39.7 Å². The molecule has 0 aromatic rings. The zero-order chi connectivity index (χ0) is 22.8. The molecule has 0 saturated heterocycles. The number of carbonyl (C=O) groups excluding carboxylic acids is 1. The van der Waals surface area contributed by atoms with Crippen molar-refractivity contribution in [1.29, 1.82) is 0 Å². The minimum absolute atomic E-state index is 0.0732. The lowest BCUT2D eigenvalue weighted by molar-refractivity contribution is -0.148. The Bertz CT molecular complexity index is 958. The van der Waals surface area contributed by atoms with Gasteiger partial charge < -0.3 is 4.74 Å². The van der Waals surface area contributed by atoms with Crippen LogP contribution in [0.1, 0.15) is 72.6 Å². The molecule has 4 nitrogen and oxygen atoms in total. The number of hydrogen-bond donors (Lipinski definition) is 0. The second-order valence-corrected chi connectivity index (χ2v) is 11.6. The molecule has 2 fully saturated rings. The molecule has 0 bridgehead atoms. The number of hydrogen-bond acceptors (Lipinski definition) is 4. The number of carbonyl (C=O) groups is 1. The maximum Gasteiger partial charge on any atom is 0.334 e. The maximum absolute atomic E-state index is 12.4. The molecule has 0 aromatic heterocycles. The van der Waals surface area contributed by atoms with Crippen LogP contribution in [0, 0.1) is 39.4 Å². The van der Waals surface area contributed by atoms with Gasteiger partial charge >= 0.3 is 5.97 Å². The van der Waals surface area contributed by atoms with E-state index in [-0.39, 0.29) is 22.7 Å². The summed E-state index contributed by atoms with van der Waals surface area (Å²) in [5.41, 5.74) is 4.69. The van der Waals surface area contributed by atoms with Crippen molar-refractivity contribution in [3.05, 3.63) is 52.0 Å². The van der Waals surface area contributed by atoms with Crippen LogP contribution in [0.3, 0.4) is 0 Å². The lowest BCUT2D eigenvalue weighted by Crippen LogP contribution is -2.52. The van der Waals surface area contributed by atoms with Gasteiger partial charge in [-0.15, -0.1) is 0 Å². The van der Waals surface area contributed by atoms with E-state index in [4.69, 9.17) is 4.74 Å². The van der Waals surface area contributed by atoms with Gasteiger partial charge in [0.15, 0.2) is 0 Å². The van der Waals surface area contributed by atoms with E-state index in [1.54, 1.807) is 5.57 Å². The first-order valence-electron chi connectivity index (χ1n) is 12.5. The summed E-state index contributed by atoms with van der Waals surface area (Å²) < 4.78 is 5.75. The molecule has 1 heterocycles. The summed E-state index contributed by atoms with van der Waals surface area (Å²) in [6.45, 7) is 13.1. The third-order valence-electron chi connectivity index (χ3n) is 10.5. The Morgan fingerprint density at radius 1 is 1.19 bits per heavy atom. The van der Waals surface area contributed by atoms with Gasteiger partial charge in [-0.2, -0.15) is 4.91 Å². The number of fused-ring (bicyclic) bond motifs is 5.